The maximum absolute atomic E-state index is 2.33. The van der Waals surface area contributed by atoms with Gasteiger partial charge in [0.15, 0.2) is 0 Å². The zero-order valence-electron chi connectivity index (χ0n) is 17.4. The molecule has 2 heteroatoms. The van der Waals surface area contributed by atoms with Gasteiger partial charge in [-0.25, -0.2) is 9.13 Å². The Bertz CT molecular complexity index is 383. The molecule has 0 N–H and O–H groups in total. The quantitative estimate of drug-likeness (QED) is 0.198. The van der Waals surface area contributed by atoms with Crippen molar-refractivity contribution in [3.8, 4) is 0 Å². The maximum Gasteiger partial charge on any atom is 0.243 e. The van der Waals surface area contributed by atoms with Crippen molar-refractivity contribution in [2.75, 3.05) is 0 Å². The average molecular weight is 350 g/mol. The molecule has 0 aromatic carbocycles. The molecule has 1 aromatic rings. The van der Waals surface area contributed by atoms with Gasteiger partial charge in [-0.1, -0.05) is 96.8 Å². The molecule has 0 atom stereocenters. The predicted octanol–water partition coefficient (Wildman–Crippen LogP) is 7.06. The van der Waals surface area contributed by atoms with Gasteiger partial charge >= 0.3 is 0 Å². The van der Waals surface area contributed by atoms with Crippen LogP contribution in [0.3, 0.4) is 0 Å². The first-order valence-corrected chi connectivity index (χ1v) is 11.4. The fourth-order valence-electron chi connectivity index (χ4n) is 3.60. The number of nitrogens with zero attached hydrogens (tertiary/aromatic N) is 2. The van der Waals surface area contributed by atoms with E-state index in [0.29, 0.717) is 0 Å². The molecule has 0 saturated heterocycles. The van der Waals surface area contributed by atoms with Crippen LogP contribution in [0.2, 0.25) is 0 Å². The molecule has 1 aromatic heterocycles. The van der Waals surface area contributed by atoms with Gasteiger partial charge in [0.2, 0.25) is 6.33 Å². The molecule has 0 amide bonds. The number of rotatable bonds is 18. The van der Waals surface area contributed by atoms with Crippen molar-refractivity contribution < 1.29 is 4.57 Å². The smallest absolute Gasteiger partial charge is 0.237 e. The number of aromatic nitrogens is 2. The second-order valence-electron chi connectivity index (χ2n) is 7.79. The molecule has 0 radical (unpaired) electrons. The van der Waals surface area contributed by atoms with E-state index >= 15 is 0 Å². The number of unbranched alkanes of at least 4 members (excludes halogenated alkanes) is 15. The summed E-state index contributed by atoms with van der Waals surface area (Å²) in [5.41, 5.74) is 0. The van der Waals surface area contributed by atoms with E-state index in [1.165, 1.54) is 109 Å². The Balaban J connectivity index is 1.73. The van der Waals surface area contributed by atoms with Gasteiger partial charge in [-0.05, 0) is 19.8 Å². The Labute approximate surface area is 158 Å². The number of imidazole rings is 1. The van der Waals surface area contributed by atoms with Crippen molar-refractivity contribution in [3.05, 3.63) is 18.7 Å². The lowest BCUT2D eigenvalue weighted by Gasteiger charge is -2.03. The molecular formula is C23H45N2+. The van der Waals surface area contributed by atoms with Gasteiger partial charge in [0.25, 0.3) is 0 Å². The molecule has 0 fully saturated rings. The lowest BCUT2D eigenvalue weighted by molar-refractivity contribution is -0.693. The summed E-state index contributed by atoms with van der Waals surface area (Å²) in [6.07, 6.45) is 29.7. The lowest BCUT2D eigenvalue weighted by atomic mass is 10.0. The highest BCUT2D eigenvalue weighted by Gasteiger charge is 2.01. The molecule has 1 rings (SSSR count). The maximum atomic E-state index is 2.33. The van der Waals surface area contributed by atoms with Gasteiger partial charge in [-0.2, -0.15) is 0 Å². The Morgan fingerprint density at radius 1 is 0.600 bits per heavy atom. The summed E-state index contributed by atoms with van der Waals surface area (Å²) in [7, 11) is 0. The van der Waals surface area contributed by atoms with Gasteiger partial charge < -0.3 is 0 Å². The Hall–Kier alpha value is -0.790. The highest BCUT2D eigenvalue weighted by atomic mass is 15.1. The van der Waals surface area contributed by atoms with E-state index in [-0.39, 0.29) is 0 Å². The Morgan fingerprint density at radius 3 is 1.44 bits per heavy atom. The van der Waals surface area contributed by atoms with Gasteiger partial charge in [0, 0.05) is 0 Å². The molecule has 0 aliphatic rings. The lowest BCUT2D eigenvalue weighted by Crippen LogP contribution is -2.28. The van der Waals surface area contributed by atoms with E-state index in [9.17, 15) is 0 Å². The minimum Gasteiger partial charge on any atom is -0.237 e. The number of hydrogen-bond donors (Lipinski definition) is 0. The summed E-state index contributed by atoms with van der Waals surface area (Å²) in [4.78, 5) is 0. The normalized spacial score (nSPS) is 11.3. The molecule has 0 aliphatic carbocycles. The second kappa shape index (κ2) is 16.7. The fourth-order valence-corrected chi connectivity index (χ4v) is 3.60. The Morgan fingerprint density at radius 2 is 1.04 bits per heavy atom. The molecule has 146 valence electrons. The molecule has 0 spiro atoms. The highest BCUT2D eigenvalue weighted by Crippen LogP contribution is 2.13. The minimum absolute atomic E-state index is 1.08. The van der Waals surface area contributed by atoms with Crippen molar-refractivity contribution in [2.24, 2.45) is 0 Å². The zero-order chi connectivity index (χ0) is 18.0. The fraction of sp³-hybridized carbons (Fsp3) is 0.870. The molecular weight excluding hydrogens is 304 g/mol. The Kier molecular flexibility index (Phi) is 14.8. The molecule has 25 heavy (non-hydrogen) atoms. The third-order valence-corrected chi connectivity index (χ3v) is 5.38. The molecule has 0 aliphatic heterocycles. The summed E-state index contributed by atoms with van der Waals surface area (Å²) in [6, 6.07) is 0. The molecule has 1 heterocycles. The topological polar surface area (TPSA) is 8.81 Å². The van der Waals surface area contributed by atoms with E-state index < -0.39 is 0 Å². The van der Waals surface area contributed by atoms with E-state index in [2.05, 4.69) is 41.7 Å². The van der Waals surface area contributed by atoms with Gasteiger partial charge in [0.05, 0.1) is 13.1 Å². The van der Waals surface area contributed by atoms with Crippen LogP contribution in [-0.2, 0) is 13.1 Å². The number of hydrogen-bond acceptors (Lipinski definition) is 0. The third-order valence-electron chi connectivity index (χ3n) is 5.38. The largest absolute Gasteiger partial charge is 0.243 e. The number of aryl methyl sites for hydroxylation is 2. The van der Waals surface area contributed by atoms with Crippen molar-refractivity contribution in [1.82, 2.24) is 4.57 Å². The van der Waals surface area contributed by atoms with Gasteiger partial charge in [-0.3, -0.25) is 0 Å². The van der Waals surface area contributed by atoms with Crippen LogP contribution in [0.5, 0.6) is 0 Å². The molecule has 0 bridgehead atoms. The average Bonchev–Trinajstić information content (AvgIpc) is 3.09. The van der Waals surface area contributed by atoms with E-state index in [1.807, 2.05) is 0 Å². The van der Waals surface area contributed by atoms with E-state index in [0.717, 1.165) is 6.54 Å². The molecule has 2 nitrogen and oxygen atoms in total. The van der Waals surface area contributed by atoms with Crippen LogP contribution < -0.4 is 4.57 Å². The van der Waals surface area contributed by atoms with Crippen LogP contribution in [0.25, 0.3) is 0 Å². The van der Waals surface area contributed by atoms with E-state index in [4.69, 9.17) is 0 Å². The van der Waals surface area contributed by atoms with Crippen LogP contribution in [0.1, 0.15) is 117 Å². The van der Waals surface area contributed by atoms with Crippen molar-refractivity contribution >= 4 is 0 Å². The third kappa shape index (κ3) is 13.1. The van der Waals surface area contributed by atoms with Gasteiger partial charge in [0.1, 0.15) is 12.4 Å². The second-order valence-corrected chi connectivity index (χ2v) is 7.79. The monoisotopic (exact) mass is 349 g/mol. The minimum atomic E-state index is 1.08. The van der Waals surface area contributed by atoms with Crippen LogP contribution in [0.4, 0.5) is 0 Å². The summed E-state index contributed by atoms with van der Waals surface area (Å²) in [5.74, 6) is 0. The van der Waals surface area contributed by atoms with Crippen molar-refractivity contribution in [3.63, 3.8) is 0 Å². The summed E-state index contributed by atoms with van der Waals surface area (Å²) < 4.78 is 4.57. The van der Waals surface area contributed by atoms with Crippen molar-refractivity contribution in [1.29, 1.82) is 0 Å². The first kappa shape index (κ1) is 22.3. The van der Waals surface area contributed by atoms with Crippen LogP contribution in [0.15, 0.2) is 18.7 Å². The van der Waals surface area contributed by atoms with Crippen molar-refractivity contribution in [2.45, 2.75) is 130 Å². The summed E-state index contributed by atoms with van der Waals surface area (Å²) in [6.45, 7) is 6.75. The van der Waals surface area contributed by atoms with Crippen LogP contribution in [-0.4, -0.2) is 4.57 Å². The molecule has 0 saturated carbocycles. The zero-order valence-corrected chi connectivity index (χ0v) is 17.4. The SMILES string of the molecule is CCCCCCCCCCCCCCCCCCn1cc[n+](CC)c1. The standard InChI is InChI=1S/C23H45N2/c1-3-5-6-7-8-9-10-11-12-13-14-15-16-17-18-19-20-25-22-21-24(4-2)23-25/h21-23H,3-20H2,1-2H3/q+1. The summed E-state index contributed by atoms with van der Waals surface area (Å²) >= 11 is 0. The summed E-state index contributed by atoms with van der Waals surface area (Å²) in [5, 5.41) is 0. The van der Waals surface area contributed by atoms with Crippen LogP contribution >= 0.6 is 0 Å². The first-order chi connectivity index (χ1) is 12.4. The molecule has 0 unspecified atom stereocenters. The first-order valence-electron chi connectivity index (χ1n) is 11.4. The van der Waals surface area contributed by atoms with E-state index in [1.54, 1.807) is 0 Å². The van der Waals surface area contributed by atoms with Gasteiger partial charge in [-0.15, -0.1) is 0 Å². The van der Waals surface area contributed by atoms with Crippen LogP contribution in [0, 0.1) is 0 Å². The predicted molar refractivity (Wildman–Crippen MR) is 110 cm³/mol. The highest BCUT2D eigenvalue weighted by molar-refractivity contribution is 4.66.